The molecule has 4 rings (SSSR count). The normalized spacial score (nSPS) is 15.3. The van der Waals surface area contributed by atoms with E-state index in [9.17, 15) is 4.21 Å². The van der Waals surface area contributed by atoms with Gasteiger partial charge in [-0.3, -0.25) is 4.21 Å². The van der Waals surface area contributed by atoms with E-state index in [1.54, 1.807) is 12.1 Å². The molecule has 1 aliphatic rings. The van der Waals surface area contributed by atoms with Crippen molar-refractivity contribution in [2.45, 2.75) is 10.8 Å². The van der Waals surface area contributed by atoms with Gasteiger partial charge in [-0.1, -0.05) is 41.0 Å². The molecule has 0 atom stereocenters. The minimum atomic E-state index is -0.787. The fourth-order valence-corrected chi connectivity index (χ4v) is 5.77. The van der Waals surface area contributed by atoms with Crippen molar-refractivity contribution in [2.24, 2.45) is 0 Å². The summed E-state index contributed by atoms with van der Waals surface area (Å²) in [6, 6.07) is 5.42. The van der Waals surface area contributed by atoms with Crippen molar-refractivity contribution < 1.29 is 4.21 Å². The van der Waals surface area contributed by atoms with E-state index in [0.29, 0.717) is 62.3 Å². The molecule has 0 aliphatic carbocycles. The van der Waals surface area contributed by atoms with Gasteiger partial charge in [-0.15, -0.1) is 0 Å². The Morgan fingerprint density at radius 2 is 1.75 bits per heavy atom. The molecule has 11 heteroatoms. The molecule has 0 radical (unpaired) electrons. The highest BCUT2D eigenvalue weighted by Gasteiger charge is 2.22. The molecule has 1 aromatic carbocycles. The zero-order valence-electron chi connectivity index (χ0n) is 14.4. The second kappa shape index (κ2) is 8.67. The second-order valence-corrected chi connectivity index (χ2v) is 9.83. The zero-order chi connectivity index (χ0) is 19.7. The van der Waals surface area contributed by atoms with Gasteiger partial charge in [0.25, 0.3) is 0 Å². The summed E-state index contributed by atoms with van der Waals surface area (Å²) in [6.07, 6.45) is 1.49. The molecule has 0 spiro atoms. The third kappa shape index (κ3) is 4.21. The average molecular weight is 475 g/mol. The van der Waals surface area contributed by atoms with Gasteiger partial charge in [0.2, 0.25) is 5.28 Å². The molecule has 1 aliphatic heterocycles. The first kappa shape index (κ1) is 20.1. The van der Waals surface area contributed by atoms with Crippen LogP contribution in [0, 0.1) is 0 Å². The number of aromatic nitrogens is 4. The first-order valence-electron chi connectivity index (χ1n) is 8.37. The number of benzene rings is 1. The SMILES string of the molecule is O=S1CCN(c2nc(Cl)nc3c(SCc4c(Cl)cccc4Cl)ncnc23)CC1. The highest BCUT2D eigenvalue weighted by atomic mass is 35.5. The first-order valence-corrected chi connectivity index (χ1v) is 12.0. The van der Waals surface area contributed by atoms with Crippen molar-refractivity contribution in [3.8, 4) is 0 Å². The molecule has 0 bridgehead atoms. The van der Waals surface area contributed by atoms with E-state index in [1.165, 1.54) is 18.1 Å². The van der Waals surface area contributed by atoms with Crippen LogP contribution < -0.4 is 4.90 Å². The lowest BCUT2D eigenvalue weighted by Crippen LogP contribution is -2.38. The van der Waals surface area contributed by atoms with Crippen LogP contribution in [-0.4, -0.2) is 48.7 Å². The van der Waals surface area contributed by atoms with E-state index in [1.807, 2.05) is 11.0 Å². The first-order chi connectivity index (χ1) is 13.5. The van der Waals surface area contributed by atoms with E-state index < -0.39 is 10.8 Å². The van der Waals surface area contributed by atoms with Crippen molar-refractivity contribution in [3.05, 3.63) is 45.4 Å². The van der Waals surface area contributed by atoms with Crippen LogP contribution in [0.5, 0.6) is 0 Å². The Morgan fingerprint density at radius 1 is 1.04 bits per heavy atom. The summed E-state index contributed by atoms with van der Waals surface area (Å²) in [5.74, 6) is 2.37. The van der Waals surface area contributed by atoms with Crippen molar-refractivity contribution in [2.75, 3.05) is 29.5 Å². The molecule has 1 saturated heterocycles. The summed E-state index contributed by atoms with van der Waals surface area (Å²) < 4.78 is 11.7. The standard InChI is InChI=1S/C17H14Cl3N5OS2/c18-11-2-1-3-12(19)10(11)8-27-16-14-13(21-9-22-16)15(24-17(20)23-14)25-4-6-28(26)7-5-25/h1-3,9H,4-8H2. The van der Waals surface area contributed by atoms with Crippen molar-refractivity contribution in [3.63, 3.8) is 0 Å². The van der Waals surface area contributed by atoms with Gasteiger partial charge in [-0.2, -0.15) is 4.98 Å². The lowest BCUT2D eigenvalue weighted by Gasteiger charge is -2.27. The minimum Gasteiger partial charge on any atom is -0.353 e. The summed E-state index contributed by atoms with van der Waals surface area (Å²) >= 11 is 20.2. The third-order valence-electron chi connectivity index (χ3n) is 4.29. The Hall–Kier alpha value is -1.19. The Balaban J connectivity index is 1.69. The maximum absolute atomic E-state index is 11.7. The van der Waals surface area contributed by atoms with Crippen LogP contribution in [-0.2, 0) is 16.6 Å². The summed E-state index contributed by atoms with van der Waals surface area (Å²) in [5, 5.41) is 2.01. The van der Waals surface area contributed by atoms with Gasteiger partial charge in [0.05, 0.1) is 0 Å². The average Bonchev–Trinajstić information content (AvgIpc) is 2.68. The summed E-state index contributed by atoms with van der Waals surface area (Å²) in [4.78, 5) is 19.5. The summed E-state index contributed by atoms with van der Waals surface area (Å²) in [7, 11) is -0.787. The molecular weight excluding hydrogens is 461 g/mol. The zero-order valence-corrected chi connectivity index (χ0v) is 18.3. The monoisotopic (exact) mass is 473 g/mol. The number of nitrogens with zero attached hydrogens (tertiary/aromatic N) is 5. The molecule has 2 aromatic heterocycles. The van der Waals surface area contributed by atoms with Crippen molar-refractivity contribution >= 4 is 74.2 Å². The molecule has 3 heterocycles. The second-order valence-electron chi connectivity index (χ2n) is 6.02. The number of thioether (sulfide) groups is 1. The molecule has 28 heavy (non-hydrogen) atoms. The van der Waals surface area contributed by atoms with E-state index in [4.69, 9.17) is 34.8 Å². The maximum atomic E-state index is 11.7. The number of anilines is 1. The highest BCUT2D eigenvalue weighted by molar-refractivity contribution is 7.98. The predicted octanol–water partition coefficient (Wildman–Crippen LogP) is 4.24. The summed E-state index contributed by atoms with van der Waals surface area (Å²) in [5.41, 5.74) is 2.04. The van der Waals surface area contributed by atoms with Gasteiger partial charge in [-0.05, 0) is 29.3 Å². The van der Waals surface area contributed by atoms with Crippen molar-refractivity contribution in [1.29, 1.82) is 0 Å². The van der Waals surface area contributed by atoms with Crippen LogP contribution in [0.3, 0.4) is 0 Å². The largest absolute Gasteiger partial charge is 0.353 e. The Kier molecular flexibility index (Phi) is 6.22. The number of hydrogen-bond donors (Lipinski definition) is 0. The number of fused-ring (bicyclic) bond motifs is 1. The molecule has 3 aromatic rings. The number of hydrogen-bond acceptors (Lipinski definition) is 7. The van der Waals surface area contributed by atoms with E-state index >= 15 is 0 Å². The molecule has 1 fully saturated rings. The van der Waals surface area contributed by atoms with Gasteiger partial charge in [-0.25, -0.2) is 15.0 Å². The van der Waals surface area contributed by atoms with Gasteiger partial charge in [0.1, 0.15) is 22.4 Å². The van der Waals surface area contributed by atoms with Gasteiger partial charge >= 0.3 is 0 Å². The van der Waals surface area contributed by atoms with Gasteiger partial charge in [0.15, 0.2) is 5.82 Å². The van der Waals surface area contributed by atoms with Gasteiger partial charge < -0.3 is 4.90 Å². The van der Waals surface area contributed by atoms with Crippen molar-refractivity contribution in [1.82, 2.24) is 19.9 Å². The highest BCUT2D eigenvalue weighted by Crippen LogP contribution is 2.34. The van der Waals surface area contributed by atoms with Crippen LogP contribution in [0.2, 0.25) is 15.3 Å². The molecule has 0 N–H and O–H groups in total. The molecule has 0 saturated carbocycles. The number of rotatable bonds is 4. The number of halogens is 3. The Bertz CT molecular complexity index is 1040. The molecule has 0 amide bonds. The summed E-state index contributed by atoms with van der Waals surface area (Å²) in [6.45, 7) is 1.27. The van der Waals surface area contributed by atoms with Crippen LogP contribution in [0.15, 0.2) is 29.6 Å². The van der Waals surface area contributed by atoms with E-state index in [0.717, 1.165) is 5.56 Å². The molecular formula is C17H14Cl3N5OS2. The molecule has 0 unspecified atom stereocenters. The molecule has 146 valence electrons. The maximum Gasteiger partial charge on any atom is 0.225 e. The van der Waals surface area contributed by atoms with Crippen LogP contribution in [0.4, 0.5) is 5.82 Å². The smallest absolute Gasteiger partial charge is 0.225 e. The van der Waals surface area contributed by atoms with E-state index in [-0.39, 0.29) is 5.28 Å². The van der Waals surface area contributed by atoms with Crippen LogP contribution in [0.25, 0.3) is 11.0 Å². The van der Waals surface area contributed by atoms with E-state index in [2.05, 4.69) is 19.9 Å². The predicted molar refractivity (Wildman–Crippen MR) is 116 cm³/mol. The third-order valence-corrected chi connectivity index (χ3v) is 7.45. The Morgan fingerprint density at radius 3 is 2.46 bits per heavy atom. The van der Waals surface area contributed by atoms with Crippen LogP contribution in [0.1, 0.15) is 5.56 Å². The lowest BCUT2D eigenvalue weighted by atomic mass is 10.2. The fourth-order valence-electron chi connectivity index (χ4n) is 2.87. The quantitative estimate of drug-likeness (QED) is 0.318. The van der Waals surface area contributed by atoms with Gasteiger partial charge in [0, 0.05) is 51.2 Å². The van der Waals surface area contributed by atoms with Crippen LogP contribution >= 0.6 is 46.6 Å². The lowest BCUT2D eigenvalue weighted by molar-refractivity contribution is 0.672. The topological polar surface area (TPSA) is 71.9 Å². The fraction of sp³-hybridized carbons (Fsp3) is 0.294. The minimum absolute atomic E-state index is 0.127. The molecule has 6 nitrogen and oxygen atoms in total. The Labute approximate surface area is 183 Å².